The lowest BCUT2D eigenvalue weighted by atomic mass is 10.1. The summed E-state index contributed by atoms with van der Waals surface area (Å²) in [5.74, 6) is 2.02. The Bertz CT molecular complexity index is 1670. The molecule has 1 fully saturated rings. The number of rotatable bonds is 4. The molecular weight excluding hydrogens is 500 g/mol. The van der Waals surface area contributed by atoms with Gasteiger partial charge in [-0.1, -0.05) is 47.5 Å². The molecule has 1 aliphatic rings. The lowest BCUT2D eigenvalue weighted by Crippen LogP contribution is -2.36. The van der Waals surface area contributed by atoms with Crippen LogP contribution in [-0.4, -0.2) is 63.7 Å². The third-order valence-corrected chi connectivity index (χ3v) is 7.20. The molecular formula is C29H27ClN6O2. The van der Waals surface area contributed by atoms with Crippen LogP contribution in [0.4, 0.5) is 5.95 Å². The van der Waals surface area contributed by atoms with Crippen molar-refractivity contribution in [2.45, 2.75) is 13.3 Å². The summed E-state index contributed by atoms with van der Waals surface area (Å²) in [6.45, 7) is 4.60. The molecule has 0 saturated carbocycles. The van der Waals surface area contributed by atoms with Gasteiger partial charge in [-0.3, -0.25) is 4.79 Å². The Morgan fingerprint density at radius 1 is 0.947 bits per heavy atom. The van der Waals surface area contributed by atoms with E-state index in [1.807, 2.05) is 63.9 Å². The van der Waals surface area contributed by atoms with Gasteiger partial charge in [0.05, 0.1) is 18.2 Å². The van der Waals surface area contributed by atoms with Gasteiger partial charge in [0.2, 0.25) is 5.95 Å². The van der Waals surface area contributed by atoms with E-state index in [1.54, 1.807) is 7.11 Å². The van der Waals surface area contributed by atoms with Crippen LogP contribution in [0.25, 0.3) is 27.9 Å². The Kier molecular flexibility index (Phi) is 6.33. The van der Waals surface area contributed by atoms with Crippen molar-refractivity contribution in [1.82, 2.24) is 24.5 Å². The van der Waals surface area contributed by atoms with Gasteiger partial charge in [0, 0.05) is 42.2 Å². The van der Waals surface area contributed by atoms with E-state index in [2.05, 4.69) is 34.2 Å². The van der Waals surface area contributed by atoms with E-state index in [0.717, 1.165) is 52.4 Å². The van der Waals surface area contributed by atoms with E-state index in [9.17, 15) is 4.79 Å². The normalized spacial score (nSPS) is 14.2. The molecule has 1 aliphatic heterocycles. The quantitative estimate of drug-likeness (QED) is 0.318. The highest BCUT2D eigenvalue weighted by Crippen LogP contribution is 2.31. The summed E-state index contributed by atoms with van der Waals surface area (Å²) >= 11 is 6.34. The van der Waals surface area contributed by atoms with Crippen molar-refractivity contribution in [3.8, 4) is 17.1 Å². The zero-order chi connectivity index (χ0) is 26.2. The molecule has 8 nitrogen and oxygen atoms in total. The number of hydrogen-bond donors (Lipinski definition) is 0. The molecule has 5 aromatic rings. The van der Waals surface area contributed by atoms with Crippen molar-refractivity contribution in [2.75, 3.05) is 38.2 Å². The second kappa shape index (κ2) is 9.95. The molecule has 0 bridgehead atoms. The van der Waals surface area contributed by atoms with Gasteiger partial charge in [-0.2, -0.15) is 0 Å². The number of nitrogens with zero attached hydrogens (tertiary/aromatic N) is 6. The molecule has 0 N–H and O–H groups in total. The van der Waals surface area contributed by atoms with Crippen LogP contribution < -0.4 is 9.64 Å². The predicted molar refractivity (Wildman–Crippen MR) is 149 cm³/mol. The van der Waals surface area contributed by atoms with Gasteiger partial charge in [0.25, 0.3) is 5.91 Å². The number of aryl methyl sites for hydroxylation is 1. The van der Waals surface area contributed by atoms with Crippen LogP contribution in [0.3, 0.4) is 0 Å². The molecule has 3 heterocycles. The molecule has 1 amide bonds. The van der Waals surface area contributed by atoms with Crippen LogP contribution in [0.2, 0.25) is 5.02 Å². The van der Waals surface area contributed by atoms with Crippen LogP contribution in [-0.2, 0) is 0 Å². The number of carbonyl (C=O) groups excluding carboxylic acids is 1. The third kappa shape index (κ3) is 4.31. The average molecular weight is 527 g/mol. The summed E-state index contributed by atoms with van der Waals surface area (Å²) in [4.78, 5) is 22.6. The Labute approximate surface area is 225 Å². The summed E-state index contributed by atoms with van der Waals surface area (Å²) in [6, 6.07) is 21.2. The summed E-state index contributed by atoms with van der Waals surface area (Å²) < 4.78 is 7.47. The van der Waals surface area contributed by atoms with Crippen molar-refractivity contribution >= 4 is 40.0 Å². The molecule has 2 aromatic heterocycles. The minimum absolute atomic E-state index is 0.0301. The number of hydrogen-bond acceptors (Lipinski definition) is 6. The van der Waals surface area contributed by atoms with E-state index in [-0.39, 0.29) is 5.91 Å². The van der Waals surface area contributed by atoms with E-state index >= 15 is 0 Å². The van der Waals surface area contributed by atoms with Gasteiger partial charge in [-0.15, -0.1) is 10.2 Å². The topological polar surface area (TPSA) is 75.9 Å². The number of carbonyl (C=O) groups is 1. The first-order chi connectivity index (χ1) is 18.5. The maximum absolute atomic E-state index is 13.4. The molecule has 38 heavy (non-hydrogen) atoms. The van der Waals surface area contributed by atoms with Gasteiger partial charge >= 0.3 is 0 Å². The molecule has 0 spiro atoms. The summed E-state index contributed by atoms with van der Waals surface area (Å²) in [5, 5.41) is 10.7. The number of fused-ring (bicyclic) bond motifs is 3. The fourth-order valence-electron chi connectivity index (χ4n) is 5.09. The molecule has 3 aromatic carbocycles. The molecule has 192 valence electrons. The van der Waals surface area contributed by atoms with Crippen molar-refractivity contribution in [2.24, 2.45) is 0 Å². The minimum Gasteiger partial charge on any atom is -0.496 e. The molecule has 0 aliphatic carbocycles. The van der Waals surface area contributed by atoms with Gasteiger partial charge in [-0.05, 0) is 49.7 Å². The smallest absolute Gasteiger partial charge is 0.257 e. The third-order valence-electron chi connectivity index (χ3n) is 6.96. The lowest BCUT2D eigenvalue weighted by molar-refractivity contribution is 0.0763. The van der Waals surface area contributed by atoms with E-state index in [1.165, 1.54) is 0 Å². The second-order valence-electron chi connectivity index (χ2n) is 9.46. The maximum atomic E-state index is 13.4. The Balaban J connectivity index is 1.41. The number of para-hydroxylation sites is 1. The molecule has 1 saturated heterocycles. The zero-order valence-electron chi connectivity index (χ0n) is 21.3. The van der Waals surface area contributed by atoms with Crippen LogP contribution in [0, 0.1) is 6.92 Å². The highest BCUT2D eigenvalue weighted by atomic mass is 35.5. The number of methoxy groups -OCH3 is 1. The summed E-state index contributed by atoms with van der Waals surface area (Å²) in [6.07, 6.45) is 0.791. The number of aromatic nitrogens is 4. The zero-order valence-corrected chi connectivity index (χ0v) is 22.0. The molecule has 9 heteroatoms. The van der Waals surface area contributed by atoms with Gasteiger partial charge in [0.15, 0.2) is 11.5 Å². The lowest BCUT2D eigenvalue weighted by Gasteiger charge is -2.24. The first kappa shape index (κ1) is 24.2. The standard InChI is InChI=1S/C29H27ClN6O2/c1-19-7-5-8-20(17-19)26-32-33-27-22-12-11-21(30)18-24(22)31-29(36(26)27)35-14-6-13-34(15-16-35)28(37)23-9-3-4-10-25(23)38-2/h3-5,7-12,17-18H,6,13-16H2,1-2H3. The fourth-order valence-corrected chi connectivity index (χ4v) is 5.25. The highest BCUT2D eigenvalue weighted by molar-refractivity contribution is 6.31. The van der Waals surface area contributed by atoms with Crippen LogP contribution in [0.1, 0.15) is 22.3 Å². The SMILES string of the molecule is COc1ccccc1C(=O)N1CCCN(c2nc3cc(Cl)ccc3c3nnc(-c4cccc(C)c4)n23)CC1. The van der Waals surface area contributed by atoms with Crippen molar-refractivity contribution in [3.05, 3.63) is 82.9 Å². The monoisotopic (exact) mass is 526 g/mol. The number of ether oxygens (including phenoxy) is 1. The van der Waals surface area contributed by atoms with Crippen molar-refractivity contribution in [1.29, 1.82) is 0 Å². The van der Waals surface area contributed by atoms with Crippen molar-refractivity contribution in [3.63, 3.8) is 0 Å². The molecule has 6 rings (SSSR count). The van der Waals surface area contributed by atoms with Gasteiger partial charge in [-0.25, -0.2) is 9.38 Å². The van der Waals surface area contributed by atoms with E-state index in [4.69, 9.17) is 21.3 Å². The van der Waals surface area contributed by atoms with Crippen LogP contribution in [0.15, 0.2) is 66.7 Å². The van der Waals surface area contributed by atoms with E-state index in [0.29, 0.717) is 36.0 Å². The first-order valence-electron chi connectivity index (χ1n) is 12.6. The van der Waals surface area contributed by atoms with Gasteiger partial charge < -0.3 is 14.5 Å². The average Bonchev–Trinajstić information content (AvgIpc) is 3.23. The number of halogens is 1. The number of benzene rings is 3. The second-order valence-corrected chi connectivity index (χ2v) is 9.89. The van der Waals surface area contributed by atoms with Crippen LogP contribution >= 0.6 is 11.6 Å². The Hall–Kier alpha value is -4.17. The van der Waals surface area contributed by atoms with Crippen molar-refractivity contribution < 1.29 is 9.53 Å². The summed E-state index contributed by atoms with van der Waals surface area (Å²) in [5.41, 5.74) is 4.17. The predicted octanol–water partition coefficient (Wildman–Crippen LogP) is 5.27. The summed E-state index contributed by atoms with van der Waals surface area (Å²) in [7, 11) is 1.59. The molecule has 0 radical (unpaired) electrons. The first-order valence-corrected chi connectivity index (χ1v) is 13.0. The van der Waals surface area contributed by atoms with Crippen LogP contribution in [0.5, 0.6) is 5.75 Å². The Morgan fingerprint density at radius 3 is 2.66 bits per heavy atom. The largest absolute Gasteiger partial charge is 0.496 e. The number of anilines is 1. The fraction of sp³-hybridized carbons (Fsp3) is 0.241. The van der Waals surface area contributed by atoms with Gasteiger partial charge in [0.1, 0.15) is 5.75 Å². The highest BCUT2D eigenvalue weighted by Gasteiger charge is 2.26. The minimum atomic E-state index is -0.0301. The molecule has 0 unspecified atom stereocenters. The van der Waals surface area contributed by atoms with E-state index < -0.39 is 0 Å². The number of amides is 1. The maximum Gasteiger partial charge on any atom is 0.257 e. The molecule has 0 atom stereocenters. The Morgan fingerprint density at radius 2 is 1.82 bits per heavy atom.